The largest absolute Gasteiger partial charge is 0.496 e. The van der Waals surface area contributed by atoms with Crippen LogP contribution in [0.15, 0.2) is 66.7 Å². The zero-order valence-electron chi connectivity index (χ0n) is 19.1. The van der Waals surface area contributed by atoms with Crippen molar-refractivity contribution in [2.75, 3.05) is 7.11 Å². The molecule has 0 fully saturated rings. The topological polar surface area (TPSA) is 68.5 Å². The molecule has 2 aromatic heterocycles. The minimum absolute atomic E-state index is 0.147. The monoisotopic (exact) mass is 428 g/mol. The maximum absolute atomic E-state index is 13.2. The number of aromatic nitrogens is 3. The predicted octanol–water partition coefficient (Wildman–Crippen LogP) is 5.19. The zero-order chi connectivity index (χ0) is 22.9. The maximum Gasteiger partial charge on any atom is 0.270 e. The van der Waals surface area contributed by atoms with E-state index in [-0.39, 0.29) is 17.4 Å². The third-order valence-corrected chi connectivity index (χ3v) is 5.46. The van der Waals surface area contributed by atoms with E-state index in [1.54, 1.807) is 17.7 Å². The van der Waals surface area contributed by atoms with E-state index in [0.717, 1.165) is 22.5 Å². The molecule has 2 aromatic carbocycles. The second-order valence-electron chi connectivity index (χ2n) is 8.88. The van der Waals surface area contributed by atoms with E-state index in [2.05, 4.69) is 31.1 Å². The Labute approximate surface area is 188 Å². The van der Waals surface area contributed by atoms with Gasteiger partial charge in [0.15, 0.2) is 5.65 Å². The minimum Gasteiger partial charge on any atom is -0.496 e. The van der Waals surface area contributed by atoms with E-state index in [1.165, 1.54) is 0 Å². The van der Waals surface area contributed by atoms with Gasteiger partial charge in [0, 0.05) is 17.0 Å². The van der Waals surface area contributed by atoms with E-state index in [1.807, 2.05) is 67.6 Å². The van der Waals surface area contributed by atoms with E-state index >= 15 is 0 Å². The molecule has 1 amide bonds. The van der Waals surface area contributed by atoms with Crippen molar-refractivity contribution in [3.05, 3.63) is 83.7 Å². The molecule has 1 N–H and O–H groups in total. The summed E-state index contributed by atoms with van der Waals surface area (Å²) < 4.78 is 7.37. The third kappa shape index (κ3) is 4.21. The van der Waals surface area contributed by atoms with Gasteiger partial charge in [-0.25, -0.2) is 9.50 Å². The van der Waals surface area contributed by atoms with E-state index in [0.29, 0.717) is 17.1 Å². The standard InChI is InChI=1S/C26H28N4O2/c1-17(18-11-7-6-8-12-18)27-25(31)20-15-21(19-13-9-10-14-22(19)32-5)30-24(28-20)16-23(29-30)26(2,3)4/h6-17H,1-5H3,(H,27,31). The molecular weight excluding hydrogens is 400 g/mol. The highest BCUT2D eigenvalue weighted by atomic mass is 16.5. The number of rotatable bonds is 5. The van der Waals surface area contributed by atoms with Crippen LogP contribution >= 0.6 is 0 Å². The number of fused-ring (bicyclic) bond motifs is 1. The molecule has 4 rings (SSSR count). The molecule has 1 unspecified atom stereocenters. The first-order valence-corrected chi connectivity index (χ1v) is 10.7. The third-order valence-electron chi connectivity index (χ3n) is 5.46. The number of nitrogens with zero attached hydrogens (tertiary/aromatic N) is 3. The van der Waals surface area contributed by atoms with Gasteiger partial charge in [0.05, 0.1) is 24.5 Å². The molecule has 0 aliphatic carbocycles. The van der Waals surface area contributed by atoms with Crippen LogP contribution in [0.5, 0.6) is 5.75 Å². The Kier molecular flexibility index (Phi) is 5.70. The predicted molar refractivity (Wildman–Crippen MR) is 126 cm³/mol. The van der Waals surface area contributed by atoms with Crippen LogP contribution in [0.25, 0.3) is 16.9 Å². The van der Waals surface area contributed by atoms with E-state index in [9.17, 15) is 4.79 Å². The molecule has 1 atom stereocenters. The summed E-state index contributed by atoms with van der Waals surface area (Å²) in [7, 11) is 1.63. The summed E-state index contributed by atoms with van der Waals surface area (Å²) in [4.78, 5) is 17.8. The van der Waals surface area contributed by atoms with Crippen molar-refractivity contribution in [2.45, 2.75) is 39.2 Å². The summed E-state index contributed by atoms with van der Waals surface area (Å²) in [5.74, 6) is 0.468. The number of ether oxygens (including phenoxy) is 1. The fourth-order valence-electron chi connectivity index (χ4n) is 3.60. The molecule has 0 bridgehead atoms. The lowest BCUT2D eigenvalue weighted by Crippen LogP contribution is -2.27. The Morgan fingerprint density at radius 3 is 2.41 bits per heavy atom. The van der Waals surface area contributed by atoms with Gasteiger partial charge < -0.3 is 10.1 Å². The van der Waals surface area contributed by atoms with Crippen molar-refractivity contribution >= 4 is 11.6 Å². The fourth-order valence-corrected chi connectivity index (χ4v) is 3.60. The highest BCUT2D eigenvalue weighted by Gasteiger charge is 2.23. The molecule has 0 saturated carbocycles. The highest BCUT2D eigenvalue weighted by molar-refractivity contribution is 5.94. The average Bonchev–Trinajstić information content (AvgIpc) is 3.24. The number of carbonyl (C=O) groups is 1. The average molecular weight is 429 g/mol. The van der Waals surface area contributed by atoms with Gasteiger partial charge >= 0.3 is 0 Å². The number of carbonyl (C=O) groups excluding carboxylic acids is 1. The van der Waals surface area contributed by atoms with Crippen LogP contribution in [0.3, 0.4) is 0 Å². The number of nitrogens with one attached hydrogen (secondary N) is 1. The number of methoxy groups -OCH3 is 1. The molecule has 0 aliphatic rings. The maximum atomic E-state index is 13.2. The normalized spacial score (nSPS) is 12.5. The molecule has 6 heteroatoms. The van der Waals surface area contributed by atoms with Gasteiger partial charge in [-0.05, 0) is 30.7 Å². The van der Waals surface area contributed by atoms with Crippen LogP contribution in [-0.2, 0) is 5.41 Å². The summed E-state index contributed by atoms with van der Waals surface area (Å²) in [6, 6.07) is 21.1. The van der Waals surface area contributed by atoms with Crippen molar-refractivity contribution in [3.63, 3.8) is 0 Å². The quantitative estimate of drug-likeness (QED) is 0.475. The van der Waals surface area contributed by atoms with Gasteiger partial charge in [0.2, 0.25) is 0 Å². The lowest BCUT2D eigenvalue weighted by atomic mass is 9.93. The molecule has 0 saturated heterocycles. The van der Waals surface area contributed by atoms with Crippen molar-refractivity contribution in [1.82, 2.24) is 19.9 Å². The fraction of sp³-hybridized carbons (Fsp3) is 0.269. The zero-order valence-corrected chi connectivity index (χ0v) is 19.1. The summed E-state index contributed by atoms with van der Waals surface area (Å²) >= 11 is 0. The first kappa shape index (κ1) is 21.6. The molecule has 0 spiro atoms. The SMILES string of the molecule is COc1ccccc1-c1cc(C(=O)NC(C)c2ccccc2)nc2cc(C(C)(C)C)nn12. The number of benzene rings is 2. The second kappa shape index (κ2) is 8.46. The second-order valence-corrected chi connectivity index (χ2v) is 8.88. The Morgan fingerprint density at radius 2 is 1.72 bits per heavy atom. The van der Waals surface area contributed by atoms with Gasteiger partial charge in [0.25, 0.3) is 5.91 Å². The van der Waals surface area contributed by atoms with Crippen molar-refractivity contribution < 1.29 is 9.53 Å². The van der Waals surface area contributed by atoms with E-state index in [4.69, 9.17) is 9.84 Å². The summed E-state index contributed by atoms with van der Waals surface area (Å²) in [6.45, 7) is 8.27. The van der Waals surface area contributed by atoms with Crippen LogP contribution in [0.4, 0.5) is 0 Å². The van der Waals surface area contributed by atoms with E-state index < -0.39 is 0 Å². The van der Waals surface area contributed by atoms with Gasteiger partial charge in [0.1, 0.15) is 11.4 Å². The first-order chi connectivity index (χ1) is 15.3. The van der Waals surface area contributed by atoms with Crippen LogP contribution in [-0.4, -0.2) is 27.6 Å². The molecule has 0 radical (unpaired) electrons. The number of para-hydroxylation sites is 1. The van der Waals surface area contributed by atoms with Gasteiger partial charge in [-0.1, -0.05) is 63.2 Å². The number of hydrogen-bond donors (Lipinski definition) is 1. The molecule has 164 valence electrons. The van der Waals surface area contributed by atoms with Gasteiger partial charge in [-0.3, -0.25) is 4.79 Å². The molecule has 32 heavy (non-hydrogen) atoms. The molecule has 2 heterocycles. The van der Waals surface area contributed by atoms with Crippen molar-refractivity contribution in [3.8, 4) is 17.0 Å². The lowest BCUT2D eigenvalue weighted by Gasteiger charge is -2.15. The van der Waals surface area contributed by atoms with Crippen LogP contribution < -0.4 is 10.1 Å². The van der Waals surface area contributed by atoms with Crippen LogP contribution in [0, 0.1) is 0 Å². The Morgan fingerprint density at radius 1 is 1.03 bits per heavy atom. The van der Waals surface area contributed by atoms with Crippen LogP contribution in [0.1, 0.15) is 55.5 Å². The molecular formula is C26H28N4O2. The highest BCUT2D eigenvalue weighted by Crippen LogP contribution is 2.32. The minimum atomic E-state index is -0.237. The summed E-state index contributed by atoms with van der Waals surface area (Å²) in [5.41, 5.74) is 4.33. The Hall–Kier alpha value is -3.67. The van der Waals surface area contributed by atoms with Crippen molar-refractivity contribution in [1.29, 1.82) is 0 Å². The van der Waals surface area contributed by atoms with Crippen molar-refractivity contribution in [2.24, 2.45) is 0 Å². The number of hydrogen-bond acceptors (Lipinski definition) is 4. The smallest absolute Gasteiger partial charge is 0.270 e. The summed E-state index contributed by atoms with van der Waals surface area (Å²) in [5, 5.41) is 7.87. The Bertz CT molecular complexity index is 1260. The lowest BCUT2D eigenvalue weighted by molar-refractivity contribution is 0.0935. The molecule has 6 nitrogen and oxygen atoms in total. The molecule has 0 aliphatic heterocycles. The Balaban J connectivity index is 1.82. The van der Waals surface area contributed by atoms with Crippen LogP contribution in [0.2, 0.25) is 0 Å². The summed E-state index contributed by atoms with van der Waals surface area (Å²) in [6.07, 6.45) is 0. The van der Waals surface area contributed by atoms with Gasteiger partial charge in [-0.15, -0.1) is 0 Å². The van der Waals surface area contributed by atoms with Gasteiger partial charge in [-0.2, -0.15) is 5.10 Å². The first-order valence-electron chi connectivity index (χ1n) is 10.7. The number of amides is 1. The molecule has 4 aromatic rings.